The molecule has 2 aliphatic rings. The molecule has 2 saturated heterocycles. The molecule has 0 radical (unpaired) electrons. The van der Waals surface area contributed by atoms with E-state index in [2.05, 4.69) is 0 Å². The van der Waals surface area contributed by atoms with Crippen LogP contribution in [0.2, 0.25) is 15.2 Å². The van der Waals surface area contributed by atoms with Gasteiger partial charge in [-0.05, 0) is 32.1 Å². The number of esters is 1. The first-order valence-electron chi connectivity index (χ1n) is 9.65. The van der Waals surface area contributed by atoms with Gasteiger partial charge in [-0.15, -0.1) is 0 Å². The lowest BCUT2D eigenvalue weighted by atomic mass is 10.1. The summed E-state index contributed by atoms with van der Waals surface area (Å²) in [4.78, 5) is 11.4. The molecule has 10 heteroatoms. The maximum absolute atomic E-state index is 11.4. The Morgan fingerprint density at radius 2 is 1.87 bits per heavy atom. The highest BCUT2D eigenvalue weighted by Crippen LogP contribution is 2.47. The van der Waals surface area contributed by atoms with Crippen molar-refractivity contribution < 1.29 is 28.5 Å². The zero-order valence-corrected chi connectivity index (χ0v) is 19.6. The molecule has 0 N–H and O–H groups in total. The van der Waals surface area contributed by atoms with Crippen LogP contribution in [-0.4, -0.2) is 48.4 Å². The maximum Gasteiger partial charge on any atom is 0.302 e. The van der Waals surface area contributed by atoms with E-state index in [4.69, 9.17) is 58.5 Å². The molecule has 3 heterocycles. The van der Waals surface area contributed by atoms with Crippen molar-refractivity contribution in [2.75, 3.05) is 13.7 Å². The van der Waals surface area contributed by atoms with Gasteiger partial charge in [0.1, 0.15) is 30.1 Å². The number of carbonyl (C=O) groups excluding carboxylic acids is 1. The molecule has 31 heavy (non-hydrogen) atoms. The van der Waals surface area contributed by atoms with E-state index >= 15 is 0 Å². The third-order valence-electron chi connectivity index (χ3n) is 5.22. The largest absolute Gasteiger partial charge is 0.504 e. The first kappa shape index (κ1) is 22.7. The number of halogens is 3. The lowest BCUT2D eigenvalue weighted by Gasteiger charge is -2.25. The summed E-state index contributed by atoms with van der Waals surface area (Å²) in [5.41, 5.74) is 1.40. The van der Waals surface area contributed by atoms with Gasteiger partial charge in [-0.25, -0.2) is 0 Å². The molecule has 7 nitrogen and oxygen atoms in total. The molecule has 168 valence electrons. The van der Waals surface area contributed by atoms with Crippen molar-refractivity contribution in [1.82, 2.24) is 4.57 Å². The minimum Gasteiger partial charge on any atom is -0.504 e. The molecule has 0 saturated carbocycles. The van der Waals surface area contributed by atoms with Gasteiger partial charge in [0.05, 0.1) is 28.9 Å². The highest BCUT2D eigenvalue weighted by molar-refractivity contribution is 6.43. The van der Waals surface area contributed by atoms with Crippen molar-refractivity contribution in [3.63, 3.8) is 0 Å². The normalized spacial score (nSPS) is 27.2. The third-order valence-corrected chi connectivity index (χ3v) is 6.33. The Hall–Kier alpha value is -1.48. The second-order valence-electron chi connectivity index (χ2n) is 7.83. The predicted molar refractivity (Wildman–Crippen MR) is 117 cm³/mol. The molecule has 2 aromatic rings. The minimum atomic E-state index is -0.832. The third kappa shape index (κ3) is 4.15. The van der Waals surface area contributed by atoms with Crippen LogP contribution in [-0.2, 0) is 28.5 Å². The second-order valence-corrected chi connectivity index (χ2v) is 9.00. The monoisotopic (exact) mass is 489 g/mol. The fourth-order valence-corrected chi connectivity index (χ4v) is 4.72. The molecule has 2 aliphatic heterocycles. The fraction of sp³-hybridized carbons (Fsp3) is 0.476. The number of hydrogen-bond acceptors (Lipinski definition) is 6. The average molecular weight is 491 g/mol. The summed E-state index contributed by atoms with van der Waals surface area (Å²) in [5.74, 6) is -1.24. The van der Waals surface area contributed by atoms with Crippen molar-refractivity contribution in [3.05, 3.63) is 39.2 Å². The molecule has 1 aromatic heterocycles. The van der Waals surface area contributed by atoms with Gasteiger partial charge in [-0.1, -0.05) is 34.8 Å². The van der Waals surface area contributed by atoms with Gasteiger partial charge in [0, 0.05) is 17.9 Å². The van der Waals surface area contributed by atoms with Gasteiger partial charge in [0.2, 0.25) is 0 Å². The quantitative estimate of drug-likeness (QED) is 0.424. The van der Waals surface area contributed by atoms with Gasteiger partial charge < -0.3 is 28.3 Å². The summed E-state index contributed by atoms with van der Waals surface area (Å²) in [6, 6.07) is 3.48. The van der Waals surface area contributed by atoms with E-state index in [1.54, 1.807) is 29.9 Å². The van der Waals surface area contributed by atoms with Crippen molar-refractivity contribution in [2.24, 2.45) is 0 Å². The highest BCUT2D eigenvalue weighted by atomic mass is 35.5. The van der Waals surface area contributed by atoms with Crippen molar-refractivity contribution in [1.29, 1.82) is 0 Å². The summed E-state index contributed by atoms with van der Waals surface area (Å²) < 4.78 is 30.5. The Kier molecular flexibility index (Phi) is 6.20. The molecule has 2 fully saturated rings. The van der Waals surface area contributed by atoms with Crippen LogP contribution in [0.4, 0.5) is 0 Å². The number of aromatic nitrogens is 1. The van der Waals surface area contributed by atoms with Gasteiger partial charge in [0.25, 0.3) is 0 Å². The zero-order chi connectivity index (χ0) is 22.5. The standard InChI is InChI=1S/C21H22Cl3NO6/c1-10(26)28-9-16-17-18(31-21(2,3)30-17)20(29-16)25-15-8-14(23)13(22)7-12(15)11(19(25)24)5-6-27-4/h5-8,16-18,20H,9H2,1-4H3/b6-5+/t16-,17?,18?,20-/m1/s1. The molecule has 0 bridgehead atoms. The number of rotatable bonds is 5. The summed E-state index contributed by atoms with van der Waals surface area (Å²) in [6.07, 6.45) is 1.14. The van der Waals surface area contributed by atoms with Crippen LogP contribution < -0.4 is 0 Å². The van der Waals surface area contributed by atoms with E-state index in [9.17, 15) is 4.79 Å². The Balaban J connectivity index is 1.83. The van der Waals surface area contributed by atoms with Gasteiger partial charge >= 0.3 is 5.97 Å². The van der Waals surface area contributed by atoms with Crippen LogP contribution in [0, 0.1) is 0 Å². The summed E-state index contributed by atoms with van der Waals surface area (Å²) >= 11 is 19.4. The Morgan fingerprint density at radius 1 is 1.19 bits per heavy atom. The van der Waals surface area contributed by atoms with E-state index in [0.717, 1.165) is 5.39 Å². The van der Waals surface area contributed by atoms with Crippen molar-refractivity contribution >= 4 is 57.8 Å². The minimum absolute atomic E-state index is 0.0340. The van der Waals surface area contributed by atoms with Crippen LogP contribution in [0.1, 0.15) is 32.6 Å². The first-order valence-corrected chi connectivity index (χ1v) is 10.8. The number of ether oxygens (including phenoxy) is 5. The van der Waals surface area contributed by atoms with Crippen LogP contribution >= 0.6 is 34.8 Å². The van der Waals surface area contributed by atoms with Crippen LogP contribution in [0.3, 0.4) is 0 Å². The summed E-state index contributed by atoms with van der Waals surface area (Å²) in [5, 5.41) is 1.94. The van der Waals surface area contributed by atoms with E-state index in [1.165, 1.54) is 13.2 Å². The molecule has 0 spiro atoms. The van der Waals surface area contributed by atoms with E-state index < -0.39 is 36.3 Å². The molecule has 4 atom stereocenters. The molecular formula is C21H22Cl3NO6. The fourth-order valence-electron chi connectivity index (χ4n) is 4.04. The summed E-state index contributed by atoms with van der Waals surface area (Å²) in [6.45, 7) is 5.02. The number of methoxy groups -OCH3 is 1. The van der Waals surface area contributed by atoms with Crippen molar-refractivity contribution in [3.8, 4) is 0 Å². The molecular weight excluding hydrogens is 469 g/mol. The maximum atomic E-state index is 11.4. The zero-order valence-electron chi connectivity index (χ0n) is 17.4. The molecule has 4 rings (SSSR count). The number of hydrogen-bond donors (Lipinski definition) is 0. The summed E-state index contributed by atoms with van der Waals surface area (Å²) in [7, 11) is 1.55. The SMILES string of the molecule is CO/C=C/c1c(Cl)n([C@@H]2O[C@H](COC(C)=O)C3OC(C)(C)OC32)c2cc(Cl)c(Cl)cc12. The van der Waals surface area contributed by atoms with Crippen LogP contribution in [0.25, 0.3) is 17.0 Å². The van der Waals surface area contributed by atoms with E-state index in [-0.39, 0.29) is 6.61 Å². The molecule has 1 aromatic carbocycles. The van der Waals surface area contributed by atoms with Gasteiger partial charge in [-0.3, -0.25) is 4.79 Å². The van der Waals surface area contributed by atoms with Gasteiger partial charge in [-0.2, -0.15) is 0 Å². The topological polar surface area (TPSA) is 68.2 Å². The Bertz CT molecular complexity index is 1050. The lowest BCUT2D eigenvalue weighted by molar-refractivity contribution is -0.201. The number of fused-ring (bicyclic) bond motifs is 2. The number of nitrogens with zero attached hydrogens (tertiary/aromatic N) is 1. The van der Waals surface area contributed by atoms with Crippen molar-refractivity contribution in [2.45, 2.75) is 51.1 Å². The first-order chi connectivity index (χ1) is 14.6. The molecule has 0 amide bonds. The average Bonchev–Trinajstić information content (AvgIpc) is 3.26. The second kappa shape index (κ2) is 8.46. The highest BCUT2D eigenvalue weighted by Gasteiger charge is 2.56. The molecule has 2 unspecified atom stereocenters. The number of carbonyl (C=O) groups is 1. The van der Waals surface area contributed by atoms with E-state index in [1.807, 2.05) is 13.8 Å². The molecule has 0 aliphatic carbocycles. The Labute approximate surface area is 194 Å². The van der Waals surface area contributed by atoms with Gasteiger partial charge in [0.15, 0.2) is 12.0 Å². The number of benzene rings is 1. The van der Waals surface area contributed by atoms with Crippen LogP contribution in [0.5, 0.6) is 0 Å². The van der Waals surface area contributed by atoms with Crippen LogP contribution in [0.15, 0.2) is 18.4 Å². The predicted octanol–water partition coefficient (Wildman–Crippen LogP) is 5.20. The lowest BCUT2D eigenvalue weighted by Crippen LogP contribution is -2.33. The van der Waals surface area contributed by atoms with E-state index in [0.29, 0.717) is 26.3 Å². The smallest absolute Gasteiger partial charge is 0.302 e. The Morgan fingerprint density at radius 3 is 2.55 bits per heavy atom.